The standard InChI is InChI=1S/C10H13N3O5/c1-11-5-7(13(16)17)4-8(11)10(15)12(2)6-9(14)18-3/h4-5H,6H2,1-3H3. The number of aromatic nitrogens is 1. The highest BCUT2D eigenvalue weighted by molar-refractivity contribution is 5.95. The van der Waals surface area contributed by atoms with Crippen molar-refractivity contribution in [3.8, 4) is 0 Å². The number of likely N-dealkylation sites (N-methyl/N-ethyl adjacent to an activating group) is 1. The normalized spacial score (nSPS) is 9.94. The van der Waals surface area contributed by atoms with E-state index in [9.17, 15) is 19.7 Å². The lowest BCUT2D eigenvalue weighted by atomic mass is 10.3. The van der Waals surface area contributed by atoms with E-state index in [-0.39, 0.29) is 17.9 Å². The molecule has 0 aliphatic heterocycles. The van der Waals surface area contributed by atoms with Gasteiger partial charge in [-0.15, -0.1) is 0 Å². The van der Waals surface area contributed by atoms with Gasteiger partial charge < -0.3 is 14.2 Å². The number of methoxy groups -OCH3 is 1. The van der Waals surface area contributed by atoms with Gasteiger partial charge in [-0.1, -0.05) is 0 Å². The van der Waals surface area contributed by atoms with Gasteiger partial charge in [0.05, 0.1) is 18.2 Å². The minimum absolute atomic E-state index is 0.133. The highest BCUT2D eigenvalue weighted by atomic mass is 16.6. The predicted octanol–water partition coefficient (Wildman–Crippen LogP) is 0.178. The summed E-state index contributed by atoms with van der Waals surface area (Å²) in [5.74, 6) is -1.05. The van der Waals surface area contributed by atoms with Crippen molar-refractivity contribution in [1.82, 2.24) is 9.47 Å². The zero-order valence-corrected chi connectivity index (χ0v) is 10.2. The lowest BCUT2D eigenvalue weighted by molar-refractivity contribution is -0.384. The molecule has 8 nitrogen and oxygen atoms in total. The fourth-order valence-corrected chi connectivity index (χ4v) is 1.39. The molecule has 98 valence electrons. The summed E-state index contributed by atoms with van der Waals surface area (Å²) in [6.45, 7) is -0.214. The molecule has 0 aliphatic carbocycles. The molecule has 0 aromatic carbocycles. The molecule has 1 rings (SSSR count). The number of carbonyl (C=O) groups is 2. The number of nitrogens with zero attached hydrogens (tertiary/aromatic N) is 3. The van der Waals surface area contributed by atoms with Crippen LogP contribution in [0.4, 0.5) is 5.69 Å². The van der Waals surface area contributed by atoms with Gasteiger partial charge in [-0.05, 0) is 0 Å². The number of carbonyl (C=O) groups excluding carboxylic acids is 2. The van der Waals surface area contributed by atoms with E-state index < -0.39 is 16.8 Å². The van der Waals surface area contributed by atoms with Gasteiger partial charge in [-0.3, -0.25) is 19.7 Å². The lowest BCUT2D eigenvalue weighted by Crippen LogP contribution is -2.33. The Labute approximate surface area is 103 Å². The third kappa shape index (κ3) is 2.84. The van der Waals surface area contributed by atoms with Gasteiger partial charge in [0.15, 0.2) is 0 Å². The minimum Gasteiger partial charge on any atom is -0.468 e. The summed E-state index contributed by atoms with van der Waals surface area (Å²) in [4.78, 5) is 34.1. The number of nitro groups is 1. The molecule has 18 heavy (non-hydrogen) atoms. The number of hydrogen-bond acceptors (Lipinski definition) is 5. The van der Waals surface area contributed by atoms with Crippen LogP contribution in [0.3, 0.4) is 0 Å². The molecule has 0 saturated carbocycles. The van der Waals surface area contributed by atoms with Crippen molar-refractivity contribution in [1.29, 1.82) is 0 Å². The van der Waals surface area contributed by atoms with Crippen LogP contribution in [0, 0.1) is 10.1 Å². The number of amides is 1. The summed E-state index contributed by atoms with van der Waals surface area (Å²) >= 11 is 0. The van der Waals surface area contributed by atoms with Gasteiger partial charge in [0.2, 0.25) is 0 Å². The molecular formula is C10H13N3O5. The Kier molecular flexibility index (Phi) is 4.03. The van der Waals surface area contributed by atoms with Crippen molar-refractivity contribution >= 4 is 17.6 Å². The zero-order chi connectivity index (χ0) is 13.9. The Morgan fingerprint density at radius 2 is 2.17 bits per heavy atom. The van der Waals surface area contributed by atoms with Gasteiger partial charge in [0.1, 0.15) is 12.2 Å². The smallest absolute Gasteiger partial charge is 0.325 e. The molecule has 1 amide bonds. The Hall–Kier alpha value is -2.38. The maximum Gasteiger partial charge on any atom is 0.325 e. The predicted molar refractivity (Wildman–Crippen MR) is 61.0 cm³/mol. The first-order chi connectivity index (χ1) is 8.36. The van der Waals surface area contributed by atoms with Gasteiger partial charge in [-0.2, -0.15) is 0 Å². The van der Waals surface area contributed by atoms with Gasteiger partial charge in [0, 0.05) is 20.2 Å². The number of esters is 1. The Morgan fingerprint density at radius 1 is 1.56 bits per heavy atom. The third-order valence-electron chi connectivity index (χ3n) is 2.36. The van der Waals surface area contributed by atoms with Gasteiger partial charge >= 0.3 is 5.97 Å². The van der Waals surface area contributed by atoms with Crippen LogP contribution in [-0.4, -0.2) is 47.0 Å². The SMILES string of the molecule is COC(=O)CN(C)C(=O)c1cc([N+](=O)[O-])cn1C. The molecule has 0 N–H and O–H groups in total. The Balaban J connectivity index is 2.90. The molecule has 0 spiro atoms. The van der Waals surface area contributed by atoms with E-state index >= 15 is 0 Å². The van der Waals surface area contributed by atoms with Crippen molar-refractivity contribution in [2.24, 2.45) is 7.05 Å². The van der Waals surface area contributed by atoms with Crippen molar-refractivity contribution < 1.29 is 19.2 Å². The number of aryl methyl sites for hydroxylation is 1. The fourth-order valence-electron chi connectivity index (χ4n) is 1.39. The molecule has 1 aromatic heterocycles. The van der Waals surface area contributed by atoms with E-state index in [0.29, 0.717) is 0 Å². The Bertz CT molecular complexity index is 494. The van der Waals surface area contributed by atoms with Crippen LogP contribution < -0.4 is 0 Å². The van der Waals surface area contributed by atoms with Crippen molar-refractivity contribution in [3.63, 3.8) is 0 Å². The van der Waals surface area contributed by atoms with Gasteiger partial charge in [-0.25, -0.2) is 0 Å². The summed E-state index contributed by atoms with van der Waals surface area (Å²) in [6.07, 6.45) is 1.24. The summed E-state index contributed by atoms with van der Waals surface area (Å²) in [6, 6.07) is 1.16. The lowest BCUT2D eigenvalue weighted by Gasteiger charge is -2.15. The van der Waals surface area contributed by atoms with Crippen LogP contribution in [0.1, 0.15) is 10.5 Å². The molecule has 0 fully saturated rings. The molecule has 0 aliphatic rings. The van der Waals surface area contributed by atoms with E-state index in [1.807, 2.05) is 0 Å². The fraction of sp³-hybridized carbons (Fsp3) is 0.400. The quantitative estimate of drug-likeness (QED) is 0.434. The van der Waals surface area contributed by atoms with Gasteiger partial charge in [0.25, 0.3) is 11.6 Å². The van der Waals surface area contributed by atoms with E-state index in [1.54, 1.807) is 0 Å². The average molecular weight is 255 g/mol. The molecule has 0 saturated heterocycles. The van der Waals surface area contributed by atoms with E-state index in [2.05, 4.69) is 4.74 Å². The van der Waals surface area contributed by atoms with Crippen molar-refractivity contribution in [2.45, 2.75) is 0 Å². The summed E-state index contributed by atoms with van der Waals surface area (Å²) < 4.78 is 5.77. The molecular weight excluding hydrogens is 242 g/mol. The van der Waals surface area contributed by atoms with Crippen LogP contribution in [0.2, 0.25) is 0 Å². The van der Waals surface area contributed by atoms with E-state index in [4.69, 9.17) is 0 Å². The minimum atomic E-state index is -0.586. The molecule has 0 atom stereocenters. The molecule has 0 unspecified atom stereocenters. The topological polar surface area (TPSA) is 94.7 Å². The second-order valence-corrected chi connectivity index (χ2v) is 3.69. The second kappa shape index (κ2) is 5.30. The van der Waals surface area contributed by atoms with Crippen LogP contribution in [-0.2, 0) is 16.6 Å². The number of rotatable bonds is 4. The maximum absolute atomic E-state index is 11.9. The van der Waals surface area contributed by atoms with E-state index in [0.717, 1.165) is 11.0 Å². The van der Waals surface area contributed by atoms with Crippen LogP contribution in [0.25, 0.3) is 0 Å². The molecule has 0 radical (unpaired) electrons. The molecule has 0 bridgehead atoms. The van der Waals surface area contributed by atoms with Crippen LogP contribution in [0.15, 0.2) is 12.3 Å². The first kappa shape index (κ1) is 13.7. The zero-order valence-electron chi connectivity index (χ0n) is 10.2. The summed E-state index contributed by atoms with van der Waals surface area (Å²) in [5, 5.41) is 10.6. The highest BCUT2D eigenvalue weighted by Crippen LogP contribution is 2.16. The molecule has 1 heterocycles. The number of hydrogen-bond donors (Lipinski definition) is 0. The number of ether oxygens (including phenoxy) is 1. The van der Waals surface area contributed by atoms with Crippen molar-refractivity contribution in [2.75, 3.05) is 20.7 Å². The maximum atomic E-state index is 11.9. The van der Waals surface area contributed by atoms with Crippen LogP contribution >= 0.6 is 0 Å². The monoisotopic (exact) mass is 255 g/mol. The largest absolute Gasteiger partial charge is 0.468 e. The molecule has 1 aromatic rings. The van der Waals surface area contributed by atoms with Crippen molar-refractivity contribution in [3.05, 3.63) is 28.1 Å². The first-order valence-electron chi connectivity index (χ1n) is 5.00. The van der Waals surface area contributed by atoms with E-state index in [1.165, 1.54) is 32.0 Å². The average Bonchev–Trinajstić information content (AvgIpc) is 2.70. The first-order valence-corrected chi connectivity index (χ1v) is 5.00. The second-order valence-electron chi connectivity index (χ2n) is 3.69. The highest BCUT2D eigenvalue weighted by Gasteiger charge is 2.21. The molecule has 8 heteroatoms. The summed E-state index contributed by atoms with van der Waals surface area (Å²) in [5.41, 5.74) is -0.0413. The third-order valence-corrected chi connectivity index (χ3v) is 2.36. The summed E-state index contributed by atoms with van der Waals surface area (Å²) in [7, 11) is 4.15. The Morgan fingerprint density at radius 3 is 2.61 bits per heavy atom. The van der Waals surface area contributed by atoms with Crippen LogP contribution in [0.5, 0.6) is 0 Å².